The van der Waals surface area contributed by atoms with Crippen LogP contribution in [0.15, 0.2) is 42.5 Å². The van der Waals surface area contributed by atoms with Crippen LogP contribution in [0.1, 0.15) is 30.5 Å². The summed E-state index contributed by atoms with van der Waals surface area (Å²) in [5.41, 5.74) is 2.56. The number of hydrogen-bond acceptors (Lipinski definition) is 3. The standard InChI is InChI=1S/C17H17ClN2O/c1-3-16(13-5-7-14(21-2)8-6-13)20-17-9-4-12(11-19)10-15(17)18/h4-10,16,20H,3H2,1-2H3. The molecule has 0 radical (unpaired) electrons. The summed E-state index contributed by atoms with van der Waals surface area (Å²) in [6.45, 7) is 2.11. The first-order valence-corrected chi connectivity index (χ1v) is 7.16. The molecule has 0 aliphatic rings. The molecule has 108 valence electrons. The first-order chi connectivity index (χ1) is 10.2. The Kier molecular flexibility index (Phi) is 5.08. The Labute approximate surface area is 130 Å². The van der Waals surface area contributed by atoms with Crippen molar-refractivity contribution in [1.82, 2.24) is 0 Å². The van der Waals surface area contributed by atoms with Gasteiger partial charge in [-0.05, 0) is 42.3 Å². The van der Waals surface area contributed by atoms with E-state index in [9.17, 15) is 0 Å². The van der Waals surface area contributed by atoms with Crippen molar-refractivity contribution in [3.8, 4) is 11.8 Å². The lowest BCUT2D eigenvalue weighted by atomic mass is 10.0. The van der Waals surface area contributed by atoms with E-state index in [4.69, 9.17) is 21.6 Å². The van der Waals surface area contributed by atoms with E-state index in [2.05, 4.69) is 18.3 Å². The van der Waals surface area contributed by atoms with Crippen LogP contribution in [-0.4, -0.2) is 7.11 Å². The number of nitrogens with zero attached hydrogens (tertiary/aromatic N) is 1. The van der Waals surface area contributed by atoms with Gasteiger partial charge < -0.3 is 10.1 Å². The van der Waals surface area contributed by atoms with Crippen molar-refractivity contribution in [3.05, 3.63) is 58.6 Å². The Bertz CT molecular complexity index is 647. The summed E-state index contributed by atoms with van der Waals surface area (Å²) in [6, 6.07) is 15.5. The lowest BCUT2D eigenvalue weighted by Gasteiger charge is -2.20. The van der Waals surface area contributed by atoms with Crippen LogP contribution in [0, 0.1) is 11.3 Å². The maximum Gasteiger partial charge on any atom is 0.118 e. The summed E-state index contributed by atoms with van der Waals surface area (Å²) in [4.78, 5) is 0. The minimum Gasteiger partial charge on any atom is -0.497 e. The fourth-order valence-corrected chi connectivity index (χ4v) is 2.38. The third-order valence-corrected chi connectivity index (χ3v) is 3.67. The number of hydrogen-bond donors (Lipinski definition) is 1. The van der Waals surface area contributed by atoms with Gasteiger partial charge in [0.05, 0.1) is 35.5 Å². The zero-order chi connectivity index (χ0) is 15.2. The van der Waals surface area contributed by atoms with E-state index in [-0.39, 0.29) is 6.04 Å². The van der Waals surface area contributed by atoms with Gasteiger partial charge in [0.25, 0.3) is 0 Å². The molecule has 0 spiro atoms. The maximum absolute atomic E-state index is 8.87. The summed E-state index contributed by atoms with van der Waals surface area (Å²) in [5.74, 6) is 0.838. The number of rotatable bonds is 5. The van der Waals surface area contributed by atoms with Crippen LogP contribution in [0.25, 0.3) is 0 Å². The minimum absolute atomic E-state index is 0.154. The van der Waals surface area contributed by atoms with Crippen LogP contribution < -0.4 is 10.1 Å². The normalized spacial score (nSPS) is 11.5. The molecule has 1 atom stereocenters. The number of nitrogens with one attached hydrogen (secondary N) is 1. The van der Waals surface area contributed by atoms with Crippen molar-refractivity contribution < 1.29 is 4.74 Å². The van der Waals surface area contributed by atoms with Crippen LogP contribution >= 0.6 is 11.6 Å². The van der Waals surface area contributed by atoms with Gasteiger partial charge in [0, 0.05) is 0 Å². The molecule has 0 saturated heterocycles. The highest BCUT2D eigenvalue weighted by Gasteiger charge is 2.11. The summed E-state index contributed by atoms with van der Waals surface area (Å²) in [6.07, 6.45) is 0.919. The average molecular weight is 301 g/mol. The van der Waals surface area contributed by atoms with Crippen molar-refractivity contribution in [3.63, 3.8) is 0 Å². The molecule has 0 heterocycles. The molecule has 1 N–H and O–H groups in total. The zero-order valence-electron chi connectivity index (χ0n) is 12.1. The second-order valence-electron chi connectivity index (χ2n) is 4.68. The second kappa shape index (κ2) is 7.01. The highest BCUT2D eigenvalue weighted by molar-refractivity contribution is 6.33. The number of ether oxygens (including phenoxy) is 1. The van der Waals surface area contributed by atoms with Crippen LogP contribution in [0.2, 0.25) is 5.02 Å². The number of halogens is 1. The number of benzene rings is 2. The SMILES string of the molecule is CCC(Nc1ccc(C#N)cc1Cl)c1ccc(OC)cc1. The van der Waals surface area contributed by atoms with Crippen LogP contribution in [0.5, 0.6) is 5.75 Å². The summed E-state index contributed by atoms with van der Waals surface area (Å²) >= 11 is 6.21. The lowest BCUT2D eigenvalue weighted by Crippen LogP contribution is -2.10. The third-order valence-electron chi connectivity index (χ3n) is 3.35. The van der Waals surface area contributed by atoms with Gasteiger partial charge in [0.15, 0.2) is 0 Å². The Balaban J connectivity index is 2.20. The van der Waals surface area contributed by atoms with E-state index in [1.54, 1.807) is 19.2 Å². The number of anilines is 1. The average Bonchev–Trinajstić information content (AvgIpc) is 2.54. The Morgan fingerprint density at radius 2 is 1.95 bits per heavy atom. The molecule has 4 heteroatoms. The fraction of sp³-hybridized carbons (Fsp3) is 0.235. The number of methoxy groups -OCH3 is 1. The van der Waals surface area contributed by atoms with Crippen LogP contribution in [-0.2, 0) is 0 Å². The van der Waals surface area contributed by atoms with Gasteiger partial charge in [-0.3, -0.25) is 0 Å². The quantitative estimate of drug-likeness (QED) is 0.864. The van der Waals surface area contributed by atoms with E-state index >= 15 is 0 Å². The van der Waals surface area contributed by atoms with Gasteiger partial charge in [0.1, 0.15) is 5.75 Å². The summed E-state index contributed by atoms with van der Waals surface area (Å²) in [5, 5.41) is 12.8. The molecule has 0 aliphatic carbocycles. The molecule has 21 heavy (non-hydrogen) atoms. The smallest absolute Gasteiger partial charge is 0.118 e. The highest BCUT2D eigenvalue weighted by Crippen LogP contribution is 2.29. The molecule has 2 aromatic rings. The second-order valence-corrected chi connectivity index (χ2v) is 5.09. The van der Waals surface area contributed by atoms with Crippen molar-refractivity contribution in [2.45, 2.75) is 19.4 Å². The van der Waals surface area contributed by atoms with Gasteiger partial charge in [-0.2, -0.15) is 5.26 Å². The predicted octanol–water partition coefficient (Wildman–Crippen LogP) is 4.78. The van der Waals surface area contributed by atoms with Crippen molar-refractivity contribution in [1.29, 1.82) is 5.26 Å². The Morgan fingerprint density at radius 1 is 1.24 bits per heavy atom. The molecule has 0 aliphatic heterocycles. The summed E-state index contributed by atoms with van der Waals surface area (Å²) < 4.78 is 5.17. The molecule has 0 bridgehead atoms. The molecular weight excluding hydrogens is 284 g/mol. The maximum atomic E-state index is 8.87. The van der Waals surface area contributed by atoms with E-state index in [1.165, 1.54) is 5.56 Å². The van der Waals surface area contributed by atoms with Gasteiger partial charge in [0.2, 0.25) is 0 Å². The minimum atomic E-state index is 0.154. The fourth-order valence-electron chi connectivity index (χ4n) is 2.15. The first kappa shape index (κ1) is 15.2. The molecular formula is C17H17ClN2O. The Morgan fingerprint density at radius 3 is 2.48 bits per heavy atom. The zero-order valence-corrected chi connectivity index (χ0v) is 12.8. The van der Waals surface area contributed by atoms with E-state index in [1.807, 2.05) is 30.3 Å². The topological polar surface area (TPSA) is 45.0 Å². The molecule has 0 fully saturated rings. The van der Waals surface area contributed by atoms with Gasteiger partial charge in [-0.1, -0.05) is 30.7 Å². The molecule has 2 rings (SSSR count). The molecule has 3 nitrogen and oxygen atoms in total. The lowest BCUT2D eigenvalue weighted by molar-refractivity contribution is 0.414. The van der Waals surface area contributed by atoms with Crippen LogP contribution in [0.4, 0.5) is 5.69 Å². The summed E-state index contributed by atoms with van der Waals surface area (Å²) in [7, 11) is 1.65. The van der Waals surface area contributed by atoms with Gasteiger partial charge >= 0.3 is 0 Å². The van der Waals surface area contributed by atoms with Gasteiger partial charge in [-0.25, -0.2) is 0 Å². The van der Waals surface area contributed by atoms with E-state index in [0.29, 0.717) is 10.6 Å². The molecule has 2 aromatic carbocycles. The van der Waals surface area contributed by atoms with Crippen molar-refractivity contribution >= 4 is 17.3 Å². The van der Waals surface area contributed by atoms with Crippen LogP contribution in [0.3, 0.4) is 0 Å². The van der Waals surface area contributed by atoms with E-state index in [0.717, 1.165) is 17.9 Å². The molecule has 0 saturated carbocycles. The Hall–Kier alpha value is -2.18. The molecule has 0 aromatic heterocycles. The molecule has 0 amide bonds. The third kappa shape index (κ3) is 3.68. The first-order valence-electron chi connectivity index (χ1n) is 6.78. The predicted molar refractivity (Wildman–Crippen MR) is 85.8 cm³/mol. The van der Waals surface area contributed by atoms with E-state index < -0.39 is 0 Å². The monoisotopic (exact) mass is 300 g/mol. The molecule has 1 unspecified atom stereocenters. The van der Waals surface area contributed by atoms with Crippen molar-refractivity contribution in [2.75, 3.05) is 12.4 Å². The largest absolute Gasteiger partial charge is 0.497 e. The van der Waals surface area contributed by atoms with Gasteiger partial charge in [-0.15, -0.1) is 0 Å². The van der Waals surface area contributed by atoms with Crippen molar-refractivity contribution in [2.24, 2.45) is 0 Å². The highest BCUT2D eigenvalue weighted by atomic mass is 35.5. The number of nitriles is 1.